The SMILES string of the molecule is Cc1ccc(CCC(=O)N(C)CCCN2CCN(C)CC2)c(C)c1. The highest BCUT2D eigenvalue weighted by molar-refractivity contribution is 5.76. The Labute approximate surface area is 147 Å². The van der Waals surface area contributed by atoms with Gasteiger partial charge in [0.1, 0.15) is 0 Å². The maximum atomic E-state index is 12.3. The molecule has 1 fully saturated rings. The van der Waals surface area contributed by atoms with Crippen molar-refractivity contribution in [3.63, 3.8) is 0 Å². The molecule has 2 rings (SSSR count). The molecule has 24 heavy (non-hydrogen) atoms. The predicted octanol–water partition coefficient (Wildman–Crippen LogP) is 2.33. The number of piperazine rings is 1. The molecule has 0 aromatic heterocycles. The van der Waals surface area contributed by atoms with Crippen LogP contribution >= 0.6 is 0 Å². The van der Waals surface area contributed by atoms with Crippen LogP contribution in [-0.4, -0.2) is 74.0 Å². The minimum atomic E-state index is 0.258. The second-order valence-electron chi connectivity index (χ2n) is 7.24. The van der Waals surface area contributed by atoms with Crippen molar-refractivity contribution < 1.29 is 4.79 Å². The summed E-state index contributed by atoms with van der Waals surface area (Å²) in [7, 11) is 4.12. The largest absolute Gasteiger partial charge is 0.346 e. The first-order chi connectivity index (χ1) is 11.5. The average Bonchev–Trinajstić information content (AvgIpc) is 2.55. The lowest BCUT2D eigenvalue weighted by atomic mass is 10.0. The van der Waals surface area contributed by atoms with Crippen molar-refractivity contribution in [2.75, 3.05) is 53.4 Å². The number of hydrogen-bond acceptors (Lipinski definition) is 3. The predicted molar refractivity (Wildman–Crippen MR) is 100 cm³/mol. The van der Waals surface area contributed by atoms with E-state index in [1.54, 1.807) is 0 Å². The van der Waals surface area contributed by atoms with Crippen LogP contribution in [0.4, 0.5) is 0 Å². The molecular formula is C20H33N3O. The molecular weight excluding hydrogens is 298 g/mol. The Balaban J connectivity index is 1.66. The molecule has 1 heterocycles. The van der Waals surface area contributed by atoms with E-state index in [0.717, 1.165) is 52.1 Å². The van der Waals surface area contributed by atoms with Gasteiger partial charge in [-0.15, -0.1) is 0 Å². The van der Waals surface area contributed by atoms with Crippen LogP contribution in [0.15, 0.2) is 18.2 Å². The van der Waals surface area contributed by atoms with E-state index in [-0.39, 0.29) is 5.91 Å². The first-order valence-electron chi connectivity index (χ1n) is 9.16. The molecule has 4 heteroatoms. The summed E-state index contributed by atoms with van der Waals surface area (Å²) in [6.45, 7) is 10.8. The number of likely N-dealkylation sites (N-methyl/N-ethyl adjacent to an activating group) is 1. The normalized spacial score (nSPS) is 16.3. The second kappa shape index (κ2) is 9.19. The van der Waals surface area contributed by atoms with Gasteiger partial charge in [-0.1, -0.05) is 23.8 Å². The first-order valence-corrected chi connectivity index (χ1v) is 9.16. The molecule has 1 aliphatic rings. The molecule has 134 valence electrons. The van der Waals surface area contributed by atoms with Crippen LogP contribution in [0.1, 0.15) is 29.5 Å². The summed E-state index contributed by atoms with van der Waals surface area (Å²) >= 11 is 0. The number of rotatable bonds is 7. The quantitative estimate of drug-likeness (QED) is 0.767. The zero-order valence-corrected chi connectivity index (χ0v) is 15.8. The van der Waals surface area contributed by atoms with Crippen LogP contribution in [0, 0.1) is 13.8 Å². The number of nitrogens with zero attached hydrogens (tertiary/aromatic N) is 3. The summed E-state index contributed by atoms with van der Waals surface area (Å²) in [6.07, 6.45) is 2.51. The van der Waals surface area contributed by atoms with Gasteiger partial charge in [0, 0.05) is 46.2 Å². The molecule has 1 aromatic rings. The van der Waals surface area contributed by atoms with Crippen molar-refractivity contribution in [3.8, 4) is 0 Å². The summed E-state index contributed by atoms with van der Waals surface area (Å²) in [6, 6.07) is 6.48. The van der Waals surface area contributed by atoms with Gasteiger partial charge in [-0.05, 0) is 51.4 Å². The van der Waals surface area contributed by atoms with E-state index in [9.17, 15) is 4.79 Å². The zero-order valence-electron chi connectivity index (χ0n) is 15.8. The summed E-state index contributed by atoms with van der Waals surface area (Å²) < 4.78 is 0. The topological polar surface area (TPSA) is 26.8 Å². The lowest BCUT2D eigenvalue weighted by Crippen LogP contribution is -2.45. The van der Waals surface area contributed by atoms with Gasteiger partial charge in [0.15, 0.2) is 0 Å². The fourth-order valence-corrected chi connectivity index (χ4v) is 3.29. The Hall–Kier alpha value is -1.39. The molecule has 0 atom stereocenters. The standard InChI is InChI=1S/C20H33N3O/c1-17-6-7-19(18(2)16-17)8-9-20(24)22(4)10-5-11-23-14-12-21(3)13-15-23/h6-7,16H,5,8-15H2,1-4H3. The van der Waals surface area contributed by atoms with Crippen molar-refractivity contribution >= 4 is 5.91 Å². The fourth-order valence-electron chi connectivity index (χ4n) is 3.29. The van der Waals surface area contributed by atoms with Gasteiger partial charge in [-0.25, -0.2) is 0 Å². The van der Waals surface area contributed by atoms with Crippen LogP contribution in [0.25, 0.3) is 0 Å². The summed E-state index contributed by atoms with van der Waals surface area (Å²) in [4.78, 5) is 19.1. The number of carbonyl (C=O) groups excluding carboxylic acids is 1. The van der Waals surface area contributed by atoms with Gasteiger partial charge in [0.05, 0.1) is 0 Å². The minimum Gasteiger partial charge on any atom is -0.346 e. The van der Waals surface area contributed by atoms with Gasteiger partial charge in [-0.3, -0.25) is 4.79 Å². The maximum absolute atomic E-state index is 12.3. The van der Waals surface area contributed by atoms with Crippen LogP contribution in [0.3, 0.4) is 0 Å². The number of hydrogen-bond donors (Lipinski definition) is 0. The van der Waals surface area contributed by atoms with Gasteiger partial charge >= 0.3 is 0 Å². The second-order valence-corrected chi connectivity index (χ2v) is 7.24. The third kappa shape index (κ3) is 5.91. The zero-order chi connectivity index (χ0) is 17.5. The van der Waals surface area contributed by atoms with Crippen LogP contribution in [-0.2, 0) is 11.2 Å². The molecule has 0 aliphatic carbocycles. The third-order valence-electron chi connectivity index (χ3n) is 5.10. The van der Waals surface area contributed by atoms with E-state index in [1.807, 2.05) is 11.9 Å². The summed E-state index contributed by atoms with van der Waals surface area (Å²) in [5, 5.41) is 0. The molecule has 0 saturated carbocycles. The first kappa shape index (κ1) is 18.9. The van der Waals surface area contributed by atoms with E-state index in [1.165, 1.54) is 16.7 Å². The fraction of sp³-hybridized carbons (Fsp3) is 0.650. The van der Waals surface area contributed by atoms with Crippen LogP contribution in [0.5, 0.6) is 0 Å². The Kier molecular flexibility index (Phi) is 7.25. The van der Waals surface area contributed by atoms with Crippen molar-refractivity contribution in [1.82, 2.24) is 14.7 Å². The maximum Gasteiger partial charge on any atom is 0.222 e. The van der Waals surface area contributed by atoms with E-state index < -0.39 is 0 Å². The molecule has 0 spiro atoms. The number of benzene rings is 1. The molecule has 0 unspecified atom stereocenters. The van der Waals surface area contributed by atoms with Crippen molar-refractivity contribution in [2.24, 2.45) is 0 Å². The Bertz CT molecular complexity index is 536. The van der Waals surface area contributed by atoms with E-state index in [0.29, 0.717) is 6.42 Å². The summed E-state index contributed by atoms with van der Waals surface area (Å²) in [5.74, 6) is 0.258. The van der Waals surface area contributed by atoms with Crippen molar-refractivity contribution in [3.05, 3.63) is 34.9 Å². The lowest BCUT2D eigenvalue weighted by molar-refractivity contribution is -0.129. The monoisotopic (exact) mass is 331 g/mol. The molecule has 4 nitrogen and oxygen atoms in total. The van der Waals surface area contributed by atoms with E-state index in [4.69, 9.17) is 0 Å². The Morgan fingerprint density at radius 2 is 1.88 bits per heavy atom. The Morgan fingerprint density at radius 1 is 1.17 bits per heavy atom. The number of carbonyl (C=O) groups is 1. The molecule has 0 N–H and O–H groups in total. The molecule has 1 aromatic carbocycles. The minimum absolute atomic E-state index is 0.258. The molecule has 0 radical (unpaired) electrons. The van der Waals surface area contributed by atoms with Crippen LogP contribution < -0.4 is 0 Å². The highest BCUT2D eigenvalue weighted by atomic mass is 16.2. The van der Waals surface area contributed by atoms with Gasteiger partial charge in [0.2, 0.25) is 5.91 Å². The van der Waals surface area contributed by atoms with Gasteiger partial charge in [-0.2, -0.15) is 0 Å². The van der Waals surface area contributed by atoms with E-state index >= 15 is 0 Å². The molecule has 0 bridgehead atoms. The lowest BCUT2D eigenvalue weighted by Gasteiger charge is -2.32. The highest BCUT2D eigenvalue weighted by Crippen LogP contribution is 2.13. The third-order valence-corrected chi connectivity index (χ3v) is 5.10. The van der Waals surface area contributed by atoms with Crippen molar-refractivity contribution in [1.29, 1.82) is 0 Å². The Morgan fingerprint density at radius 3 is 2.54 bits per heavy atom. The summed E-state index contributed by atoms with van der Waals surface area (Å²) in [5.41, 5.74) is 3.86. The smallest absolute Gasteiger partial charge is 0.222 e. The van der Waals surface area contributed by atoms with Gasteiger partial charge in [0.25, 0.3) is 0 Å². The molecule has 1 saturated heterocycles. The molecule has 1 aliphatic heterocycles. The van der Waals surface area contributed by atoms with Gasteiger partial charge < -0.3 is 14.7 Å². The van der Waals surface area contributed by atoms with Crippen molar-refractivity contribution in [2.45, 2.75) is 33.1 Å². The number of aryl methyl sites for hydroxylation is 3. The number of amides is 1. The van der Waals surface area contributed by atoms with Crippen LogP contribution in [0.2, 0.25) is 0 Å². The highest BCUT2D eigenvalue weighted by Gasteiger charge is 2.14. The molecule has 1 amide bonds. The van der Waals surface area contributed by atoms with E-state index in [2.05, 4.69) is 48.9 Å². The average molecular weight is 332 g/mol.